The van der Waals surface area contributed by atoms with Crippen molar-refractivity contribution in [2.24, 2.45) is 5.73 Å². The summed E-state index contributed by atoms with van der Waals surface area (Å²) >= 11 is 0. The van der Waals surface area contributed by atoms with Crippen molar-refractivity contribution >= 4 is 0 Å². The summed E-state index contributed by atoms with van der Waals surface area (Å²) in [5, 5.41) is 5.99. The summed E-state index contributed by atoms with van der Waals surface area (Å²) in [6.45, 7) is 7.37. The molecule has 0 bridgehead atoms. The van der Waals surface area contributed by atoms with E-state index in [9.17, 15) is 0 Å². The fraction of sp³-hybridized carbons (Fsp3) is 0.714. The summed E-state index contributed by atoms with van der Waals surface area (Å²) < 4.78 is 4.98. The topological polar surface area (TPSA) is 59.3 Å². The summed E-state index contributed by atoms with van der Waals surface area (Å²) in [6, 6.07) is 0. The van der Waals surface area contributed by atoms with Crippen molar-refractivity contribution in [1.29, 1.82) is 0 Å². The van der Waals surface area contributed by atoms with Crippen LogP contribution in [0, 0.1) is 0 Å². The molecule has 0 saturated heterocycles. The van der Waals surface area contributed by atoms with Gasteiger partial charge in [-0.3, -0.25) is 5.32 Å². The Morgan fingerprint density at radius 1 is 1.55 bits per heavy atom. The Hall–Kier alpha value is -0.740. The standard InChI is InChI=1S/C7H17N3O/c1-5(8)9-6(2)10-7(3)11-4/h6-7,9-10H,1,8H2,2-4H3. The zero-order chi connectivity index (χ0) is 8.85. The van der Waals surface area contributed by atoms with Crippen molar-refractivity contribution in [3.63, 3.8) is 0 Å². The van der Waals surface area contributed by atoms with Crippen LogP contribution in [0.3, 0.4) is 0 Å². The van der Waals surface area contributed by atoms with Crippen LogP contribution in [0.2, 0.25) is 0 Å². The van der Waals surface area contributed by atoms with Gasteiger partial charge >= 0.3 is 0 Å². The SMILES string of the molecule is C=C(N)NC(C)NC(C)OC. The predicted molar refractivity (Wildman–Crippen MR) is 45.5 cm³/mol. The summed E-state index contributed by atoms with van der Waals surface area (Å²) in [6.07, 6.45) is 0.0827. The Kier molecular flexibility index (Phi) is 4.65. The van der Waals surface area contributed by atoms with Crippen LogP contribution in [-0.4, -0.2) is 19.5 Å². The third-order valence-electron chi connectivity index (χ3n) is 1.24. The molecule has 4 N–H and O–H groups in total. The lowest BCUT2D eigenvalue weighted by molar-refractivity contribution is 0.0773. The Labute approximate surface area is 67.8 Å². The minimum atomic E-state index is 0.0110. The van der Waals surface area contributed by atoms with Gasteiger partial charge in [0.1, 0.15) is 6.23 Å². The van der Waals surface area contributed by atoms with E-state index in [1.807, 2.05) is 13.8 Å². The first-order valence-corrected chi connectivity index (χ1v) is 3.56. The quantitative estimate of drug-likeness (QED) is 0.492. The van der Waals surface area contributed by atoms with Crippen LogP contribution in [0.25, 0.3) is 0 Å². The summed E-state index contributed by atoms with van der Waals surface area (Å²) in [5.74, 6) is 0.452. The first-order valence-electron chi connectivity index (χ1n) is 3.56. The van der Waals surface area contributed by atoms with E-state index < -0.39 is 0 Å². The Morgan fingerprint density at radius 3 is 2.45 bits per heavy atom. The van der Waals surface area contributed by atoms with E-state index in [0.717, 1.165) is 0 Å². The molecule has 2 unspecified atom stereocenters. The maximum Gasteiger partial charge on any atom is 0.106 e. The maximum absolute atomic E-state index is 5.32. The highest BCUT2D eigenvalue weighted by atomic mass is 16.5. The normalized spacial score (nSPS) is 15.5. The van der Waals surface area contributed by atoms with E-state index in [1.54, 1.807) is 7.11 Å². The van der Waals surface area contributed by atoms with Gasteiger partial charge in [0.05, 0.1) is 12.0 Å². The molecule has 0 aliphatic heterocycles. The zero-order valence-electron chi connectivity index (χ0n) is 7.35. The fourth-order valence-corrected chi connectivity index (χ4v) is 0.740. The summed E-state index contributed by atoms with van der Waals surface area (Å²) in [5.41, 5.74) is 5.32. The molecule has 0 aromatic rings. The smallest absolute Gasteiger partial charge is 0.106 e. The number of nitrogens with one attached hydrogen (secondary N) is 2. The molecule has 0 aliphatic rings. The van der Waals surface area contributed by atoms with Crippen LogP contribution in [0.4, 0.5) is 0 Å². The average molecular weight is 159 g/mol. The second-order valence-electron chi connectivity index (χ2n) is 2.44. The van der Waals surface area contributed by atoms with Gasteiger partial charge in [-0.15, -0.1) is 0 Å². The Bertz CT molecular complexity index is 127. The van der Waals surface area contributed by atoms with Crippen molar-refractivity contribution in [2.45, 2.75) is 26.2 Å². The first-order chi connectivity index (χ1) is 5.06. The summed E-state index contributed by atoms with van der Waals surface area (Å²) in [4.78, 5) is 0. The largest absolute Gasteiger partial charge is 0.386 e. The van der Waals surface area contributed by atoms with Crippen molar-refractivity contribution in [1.82, 2.24) is 10.6 Å². The third-order valence-corrected chi connectivity index (χ3v) is 1.24. The van der Waals surface area contributed by atoms with Gasteiger partial charge in [-0.2, -0.15) is 0 Å². The monoisotopic (exact) mass is 159 g/mol. The second kappa shape index (κ2) is 4.98. The molecule has 0 spiro atoms. The molecule has 66 valence electrons. The van der Waals surface area contributed by atoms with Crippen LogP contribution >= 0.6 is 0 Å². The van der Waals surface area contributed by atoms with Gasteiger partial charge in [0.25, 0.3) is 0 Å². The van der Waals surface area contributed by atoms with Crippen LogP contribution < -0.4 is 16.4 Å². The number of hydrogen-bond acceptors (Lipinski definition) is 4. The Balaban J connectivity index is 3.51. The van der Waals surface area contributed by atoms with Gasteiger partial charge in [-0.25, -0.2) is 0 Å². The summed E-state index contributed by atoms with van der Waals surface area (Å²) in [7, 11) is 1.64. The van der Waals surface area contributed by atoms with E-state index in [4.69, 9.17) is 10.5 Å². The van der Waals surface area contributed by atoms with E-state index in [1.165, 1.54) is 0 Å². The van der Waals surface area contributed by atoms with Crippen molar-refractivity contribution in [3.8, 4) is 0 Å². The molecule has 2 atom stereocenters. The Morgan fingerprint density at radius 2 is 2.09 bits per heavy atom. The van der Waals surface area contributed by atoms with Gasteiger partial charge in [-0.1, -0.05) is 6.58 Å². The molecule has 4 nitrogen and oxygen atoms in total. The molecule has 0 heterocycles. The molecule has 4 heteroatoms. The molecule has 0 rings (SSSR count). The molecule has 0 radical (unpaired) electrons. The maximum atomic E-state index is 5.32. The van der Waals surface area contributed by atoms with Gasteiger partial charge < -0.3 is 15.8 Å². The van der Waals surface area contributed by atoms with Gasteiger partial charge in [0.15, 0.2) is 0 Å². The molecule has 0 aromatic carbocycles. The lowest BCUT2D eigenvalue weighted by Crippen LogP contribution is -2.45. The zero-order valence-corrected chi connectivity index (χ0v) is 7.35. The van der Waals surface area contributed by atoms with Gasteiger partial charge in [0, 0.05) is 7.11 Å². The van der Waals surface area contributed by atoms with Crippen LogP contribution in [0.1, 0.15) is 13.8 Å². The highest BCUT2D eigenvalue weighted by Gasteiger charge is 2.03. The number of hydrogen-bond donors (Lipinski definition) is 3. The average Bonchev–Trinajstić information content (AvgIpc) is 1.85. The lowest BCUT2D eigenvalue weighted by atomic mass is 10.5. The fourth-order valence-electron chi connectivity index (χ4n) is 0.740. The highest BCUT2D eigenvalue weighted by Crippen LogP contribution is 1.85. The van der Waals surface area contributed by atoms with E-state index >= 15 is 0 Å². The molecule has 0 aromatic heterocycles. The second-order valence-corrected chi connectivity index (χ2v) is 2.44. The van der Waals surface area contributed by atoms with E-state index in [-0.39, 0.29) is 12.4 Å². The molecule has 0 aliphatic carbocycles. The van der Waals surface area contributed by atoms with Crippen LogP contribution in [-0.2, 0) is 4.74 Å². The van der Waals surface area contributed by atoms with Crippen LogP contribution in [0.5, 0.6) is 0 Å². The van der Waals surface area contributed by atoms with Crippen LogP contribution in [0.15, 0.2) is 12.4 Å². The van der Waals surface area contributed by atoms with Gasteiger partial charge in [0.2, 0.25) is 0 Å². The predicted octanol–water partition coefficient (Wildman–Crippen LogP) is -0.0661. The van der Waals surface area contributed by atoms with E-state index in [2.05, 4.69) is 17.2 Å². The molecule has 0 amide bonds. The van der Waals surface area contributed by atoms with Crippen molar-refractivity contribution < 1.29 is 4.74 Å². The van der Waals surface area contributed by atoms with E-state index in [0.29, 0.717) is 5.82 Å². The lowest BCUT2D eigenvalue weighted by Gasteiger charge is -2.20. The molecule has 11 heavy (non-hydrogen) atoms. The first kappa shape index (κ1) is 10.3. The number of rotatable bonds is 5. The van der Waals surface area contributed by atoms with Gasteiger partial charge in [-0.05, 0) is 13.8 Å². The third kappa shape index (κ3) is 5.69. The highest BCUT2D eigenvalue weighted by molar-refractivity contribution is 4.84. The number of nitrogens with two attached hydrogens (primary N) is 1. The van der Waals surface area contributed by atoms with Crippen molar-refractivity contribution in [2.75, 3.05) is 7.11 Å². The minimum absolute atomic E-state index is 0.0110. The minimum Gasteiger partial charge on any atom is -0.386 e. The number of methoxy groups -OCH3 is 1. The molecule has 0 saturated carbocycles. The molecular formula is C7H17N3O. The molecule has 0 fully saturated rings. The van der Waals surface area contributed by atoms with Crippen molar-refractivity contribution in [3.05, 3.63) is 12.4 Å². The molecular weight excluding hydrogens is 142 g/mol. The number of ether oxygens (including phenoxy) is 1.